The van der Waals surface area contributed by atoms with E-state index in [0.29, 0.717) is 17.4 Å². The Bertz CT molecular complexity index is 570. The predicted octanol–water partition coefficient (Wildman–Crippen LogP) is 2.60. The number of nitrogen functional groups attached to an aromatic ring is 1. The lowest BCUT2D eigenvalue weighted by molar-refractivity contribution is 0.242. The zero-order valence-electron chi connectivity index (χ0n) is 11.8. The summed E-state index contributed by atoms with van der Waals surface area (Å²) in [6, 6.07) is 7.56. The summed E-state index contributed by atoms with van der Waals surface area (Å²) in [4.78, 5) is 8.02. The highest BCUT2D eigenvalue weighted by Gasteiger charge is 2.08. The molecule has 0 spiro atoms. The van der Waals surface area contributed by atoms with Crippen LogP contribution in [0.25, 0.3) is 0 Å². The normalized spacial score (nSPS) is 10.4. The van der Waals surface area contributed by atoms with Gasteiger partial charge in [0.05, 0.1) is 13.2 Å². The number of rotatable bonds is 5. The van der Waals surface area contributed by atoms with E-state index >= 15 is 0 Å². The number of benzene rings is 1. The number of hydrogen-bond acceptors (Lipinski definition) is 6. The van der Waals surface area contributed by atoms with Gasteiger partial charge in [-0.1, -0.05) is 0 Å². The summed E-state index contributed by atoms with van der Waals surface area (Å²) in [6.45, 7) is 3.97. The molecule has 0 aliphatic rings. The Hall–Kier alpha value is -2.50. The molecule has 2 aromatic rings. The number of hydrogen-bond donors (Lipinski definition) is 2. The zero-order chi connectivity index (χ0) is 14.5. The molecular weight excluding hydrogens is 256 g/mol. The van der Waals surface area contributed by atoms with Crippen molar-refractivity contribution < 1.29 is 9.47 Å². The van der Waals surface area contributed by atoms with Crippen LogP contribution in [0.4, 0.5) is 17.2 Å². The van der Waals surface area contributed by atoms with Crippen LogP contribution in [-0.2, 0) is 0 Å². The van der Waals surface area contributed by atoms with Crippen LogP contribution in [0.2, 0.25) is 0 Å². The number of nitrogens with zero attached hydrogens (tertiary/aromatic N) is 2. The monoisotopic (exact) mass is 274 g/mol. The van der Waals surface area contributed by atoms with Gasteiger partial charge in [-0.3, -0.25) is 0 Å². The van der Waals surface area contributed by atoms with Crippen molar-refractivity contribution in [2.45, 2.75) is 20.0 Å². The average Bonchev–Trinajstić information content (AvgIpc) is 2.43. The topological polar surface area (TPSA) is 82.3 Å². The first-order valence-electron chi connectivity index (χ1n) is 6.28. The molecule has 0 aliphatic heterocycles. The largest absolute Gasteiger partial charge is 0.491 e. The van der Waals surface area contributed by atoms with E-state index in [4.69, 9.17) is 15.2 Å². The molecule has 0 saturated heterocycles. The predicted molar refractivity (Wildman–Crippen MR) is 78.5 cm³/mol. The third-order valence-corrected chi connectivity index (χ3v) is 2.53. The van der Waals surface area contributed by atoms with E-state index in [-0.39, 0.29) is 6.10 Å². The maximum Gasteiger partial charge on any atom is 0.242 e. The van der Waals surface area contributed by atoms with Crippen molar-refractivity contribution >= 4 is 17.2 Å². The van der Waals surface area contributed by atoms with Gasteiger partial charge in [0.15, 0.2) is 5.82 Å². The van der Waals surface area contributed by atoms with Crippen LogP contribution in [0.5, 0.6) is 11.6 Å². The molecule has 0 bridgehead atoms. The second kappa shape index (κ2) is 6.10. The van der Waals surface area contributed by atoms with Gasteiger partial charge in [0.25, 0.3) is 0 Å². The first-order chi connectivity index (χ1) is 9.60. The molecule has 0 aliphatic carbocycles. The Kier molecular flexibility index (Phi) is 4.24. The molecule has 0 saturated carbocycles. The highest BCUT2D eigenvalue weighted by Crippen LogP contribution is 2.27. The van der Waals surface area contributed by atoms with Crippen molar-refractivity contribution in [1.82, 2.24) is 9.97 Å². The summed E-state index contributed by atoms with van der Waals surface area (Å²) in [5, 5.41) is 3.12. The summed E-state index contributed by atoms with van der Waals surface area (Å²) in [7, 11) is 1.51. The molecule has 20 heavy (non-hydrogen) atoms. The summed E-state index contributed by atoms with van der Waals surface area (Å²) in [6.07, 6.45) is 1.55. The van der Waals surface area contributed by atoms with Crippen molar-refractivity contribution in [3.63, 3.8) is 0 Å². The Morgan fingerprint density at radius 2 is 1.85 bits per heavy atom. The summed E-state index contributed by atoms with van der Waals surface area (Å²) in [5.74, 6) is 1.68. The minimum atomic E-state index is 0.149. The minimum Gasteiger partial charge on any atom is -0.491 e. The number of nitrogens with two attached hydrogens (primary N) is 1. The average molecular weight is 274 g/mol. The van der Waals surface area contributed by atoms with Gasteiger partial charge in [-0.05, 0) is 38.1 Å². The maximum absolute atomic E-state index is 5.90. The molecule has 0 unspecified atom stereocenters. The molecule has 1 aromatic heterocycles. The number of nitrogens with one attached hydrogen (secondary N) is 1. The van der Waals surface area contributed by atoms with Crippen molar-refractivity contribution in [3.8, 4) is 11.6 Å². The van der Waals surface area contributed by atoms with Gasteiger partial charge in [0.1, 0.15) is 17.8 Å². The molecule has 6 heteroatoms. The first kappa shape index (κ1) is 13.9. The Balaban J connectivity index is 2.14. The number of methoxy groups -OCH3 is 1. The quantitative estimate of drug-likeness (QED) is 0.872. The van der Waals surface area contributed by atoms with Crippen molar-refractivity contribution in [1.29, 1.82) is 0 Å². The Morgan fingerprint density at radius 3 is 2.45 bits per heavy atom. The van der Waals surface area contributed by atoms with Gasteiger partial charge < -0.3 is 20.5 Å². The molecule has 0 fully saturated rings. The molecule has 0 radical (unpaired) electrons. The smallest absolute Gasteiger partial charge is 0.242 e. The fourth-order valence-electron chi connectivity index (χ4n) is 1.67. The summed E-state index contributed by atoms with van der Waals surface area (Å²) in [5.41, 5.74) is 7.13. The molecule has 2 rings (SSSR count). The minimum absolute atomic E-state index is 0.149. The van der Waals surface area contributed by atoms with E-state index in [0.717, 1.165) is 11.4 Å². The van der Waals surface area contributed by atoms with E-state index in [2.05, 4.69) is 15.3 Å². The maximum atomic E-state index is 5.90. The van der Waals surface area contributed by atoms with E-state index in [1.54, 1.807) is 0 Å². The lowest BCUT2D eigenvalue weighted by Crippen LogP contribution is -2.05. The third kappa shape index (κ3) is 3.28. The number of aromatic nitrogens is 2. The van der Waals surface area contributed by atoms with Crippen molar-refractivity contribution in [3.05, 3.63) is 30.6 Å². The van der Waals surface area contributed by atoms with Crippen molar-refractivity contribution in [2.75, 3.05) is 18.2 Å². The van der Waals surface area contributed by atoms with Crippen LogP contribution in [-0.4, -0.2) is 23.2 Å². The fraction of sp³-hybridized carbons (Fsp3) is 0.286. The molecule has 106 valence electrons. The van der Waals surface area contributed by atoms with Crippen LogP contribution < -0.4 is 20.5 Å². The number of anilines is 3. The van der Waals surface area contributed by atoms with E-state index in [1.165, 1.54) is 13.4 Å². The fourth-order valence-corrected chi connectivity index (χ4v) is 1.67. The third-order valence-electron chi connectivity index (χ3n) is 2.53. The van der Waals surface area contributed by atoms with Gasteiger partial charge in [-0.2, -0.15) is 4.98 Å². The van der Waals surface area contributed by atoms with Crippen LogP contribution in [0.1, 0.15) is 13.8 Å². The van der Waals surface area contributed by atoms with E-state index in [9.17, 15) is 0 Å². The second-order valence-corrected chi connectivity index (χ2v) is 4.46. The SMILES string of the molecule is COc1ncnc(Nc2ccc(OC(C)C)cc2)c1N. The molecular formula is C14H18N4O2. The van der Waals surface area contributed by atoms with Gasteiger partial charge in [0, 0.05) is 5.69 Å². The Morgan fingerprint density at radius 1 is 1.15 bits per heavy atom. The molecule has 6 nitrogen and oxygen atoms in total. The van der Waals surface area contributed by atoms with Gasteiger partial charge in [-0.15, -0.1) is 0 Å². The van der Waals surface area contributed by atoms with E-state index < -0.39 is 0 Å². The first-order valence-corrected chi connectivity index (χ1v) is 6.28. The van der Waals surface area contributed by atoms with Crippen LogP contribution >= 0.6 is 0 Å². The molecule has 1 heterocycles. The lowest BCUT2D eigenvalue weighted by Gasteiger charge is -2.12. The molecule has 0 atom stereocenters. The number of ether oxygens (including phenoxy) is 2. The molecule has 3 N–H and O–H groups in total. The summed E-state index contributed by atoms with van der Waals surface area (Å²) >= 11 is 0. The van der Waals surface area contributed by atoms with Gasteiger partial charge in [-0.25, -0.2) is 4.98 Å². The zero-order valence-corrected chi connectivity index (χ0v) is 11.8. The summed E-state index contributed by atoms with van der Waals surface area (Å²) < 4.78 is 10.6. The highest BCUT2D eigenvalue weighted by atomic mass is 16.5. The highest BCUT2D eigenvalue weighted by molar-refractivity contribution is 5.72. The van der Waals surface area contributed by atoms with Crippen LogP contribution in [0, 0.1) is 0 Å². The standard InChI is InChI=1S/C14H18N4O2/c1-9(2)20-11-6-4-10(5-7-11)18-13-12(15)14(19-3)17-8-16-13/h4-9H,15H2,1-3H3,(H,16,17,18). The van der Waals surface area contributed by atoms with Gasteiger partial charge >= 0.3 is 0 Å². The van der Waals surface area contributed by atoms with Crippen LogP contribution in [0.3, 0.4) is 0 Å². The van der Waals surface area contributed by atoms with Crippen molar-refractivity contribution in [2.24, 2.45) is 0 Å². The Labute approximate surface area is 118 Å². The van der Waals surface area contributed by atoms with Gasteiger partial charge in [0.2, 0.25) is 5.88 Å². The second-order valence-electron chi connectivity index (χ2n) is 4.46. The molecule has 0 amide bonds. The lowest BCUT2D eigenvalue weighted by atomic mass is 10.3. The molecule has 1 aromatic carbocycles. The van der Waals surface area contributed by atoms with Crippen LogP contribution in [0.15, 0.2) is 30.6 Å². The van der Waals surface area contributed by atoms with E-state index in [1.807, 2.05) is 38.1 Å².